The van der Waals surface area contributed by atoms with E-state index in [-0.39, 0.29) is 0 Å². The van der Waals surface area contributed by atoms with Gasteiger partial charge in [0.1, 0.15) is 18.0 Å². The number of hydrogen-bond acceptors (Lipinski definition) is 4. The lowest BCUT2D eigenvalue weighted by molar-refractivity contribution is 0.867. The molecular formula is C14H18N4. The van der Waals surface area contributed by atoms with Crippen molar-refractivity contribution < 1.29 is 0 Å². The number of rotatable bonds is 3. The summed E-state index contributed by atoms with van der Waals surface area (Å²) in [5, 5.41) is 3.25. The molecule has 94 valence electrons. The van der Waals surface area contributed by atoms with Gasteiger partial charge in [0.05, 0.1) is 0 Å². The van der Waals surface area contributed by atoms with Crippen molar-refractivity contribution in [3.63, 3.8) is 0 Å². The van der Waals surface area contributed by atoms with Gasteiger partial charge < -0.3 is 11.1 Å². The third-order valence-electron chi connectivity index (χ3n) is 2.96. The van der Waals surface area contributed by atoms with Crippen LogP contribution in [0.5, 0.6) is 0 Å². The quantitative estimate of drug-likeness (QED) is 0.867. The van der Waals surface area contributed by atoms with E-state index < -0.39 is 0 Å². The number of nitrogen functional groups attached to an aromatic ring is 1. The van der Waals surface area contributed by atoms with Gasteiger partial charge in [0.15, 0.2) is 0 Å². The number of nitrogens with one attached hydrogen (secondary N) is 1. The summed E-state index contributed by atoms with van der Waals surface area (Å²) in [5.74, 6) is 1.79. The lowest BCUT2D eigenvalue weighted by Gasteiger charge is -2.11. The zero-order valence-corrected chi connectivity index (χ0v) is 10.9. The van der Waals surface area contributed by atoms with Crippen LogP contribution < -0.4 is 11.1 Å². The Morgan fingerprint density at radius 3 is 2.39 bits per heavy atom. The molecule has 0 amide bonds. The van der Waals surface area contributed by atoms with Gasteiger partial charge in [0.2, 0.25) is 0 Å². The van der Waals surface area contributed by atoms with Crippen LogP contribution in [0.25, 0.3) is 0 Å². The number of nitrogens with zero attached hydrogens (tertiary/aromatic N) is 2. The van der Waals surface area contributed by atoms with Crippen molar-refractivity contribution in [1.82, 2.24) is 9.97 Å². The molecule has 0 aliphatic heterocycles. The molecule has 3 N–H and O–H groups in total. The van der Waals surface area contributed by atoms with Crippen LogP contribution in [0.2, 0.25) is 0 Å². The molecule has 1 heterocycles. The van der Waals surface area contributed by atoms with Crippen molar-refractivity contribution in [2.24, 2.45) is 0 Å². The monoisotopic (exact) mass is 242 g/mol. The topological polar surface area (TPSA) is 63.8 Å². The average Bonchev–Trinajstić information content (AvgIpc) is 2.36. The lowest BCUT2D eigenvalue weighted by atomic mass is 10.0. The number of anilines is 3. The van der Waals surface area contributed by atoms with Crippen LogP contribution in [-0.2, 0) is 0 Å². The Balaban J connectivity index is 2.21. The highest BCUT2D eigenvalue weighted by Gasteiger charge is 2.05. The predicted octanol–water partition coefficient (Wildman–Crippen LogP) is 3.23. The average molecular weight is 242 g/mol. The van der Waals surface area contributed by atoms with Crippen LogP contribution in [0.3, 0.4) is 0 Å². The number of nitrogens with two attached hydrogens (primary N) is 1. The van der Waals surface area contributed by atoms with Gasteiger partial charge in [-0.05, 0) is 30.5 Å². The van der Waals surface area contributed by atoms with Crippen LogP contribution >= 0.6 is 0 Å². The van der Waals surface area contributed by atoms with Crippen molar-refractivity contribution in [2.45, 2.75) is 26.7 Å². The van der Waals surface area contributed by atoms with E-state index in [1.807, 2.05) is 19.1 Å². The molecule has 2 aromatic rings. The molecule has 0 aliphatic rings. The molecule has 4 heteroatoms. The van der Waals surface area contributed by atoms with E-state index in [0.717, 1.165) is 17.1 Å². The summed E-state index contributed by atoms with van der Waals surface area (Å²) in [5.41, 5.74) is 8.93. The Morgan fingerprint density at radius 2 is 1.78 bits per heavy atom. The second-order valence-corrected chi connectivity index (χ2v) is 4.63. The van der Waals surface area contributed by atoms with Crippen LogP contribution in [-0.4, -0.2) is 9.97 Å². The highest BCUT2D eigenvalue weighted by atomic mass is 15.0. The van der Waals surface area contributed by atoms with Crippen molar-refractivity contribution in [3.05, 3.63) is 41.7 Å². The van der Waals surface area contributed by atoms with Gasteiger partial charge in [-0.2, -0.15) is 0 Å². The third kappa shape index (κ3) is 2.59. The Labute approximate surface area is 107 Å². The van der Waals surface area contributed by atoms with Gasteiger partial charge in [0, 0.05) is 11.3 Å². The minimum atomic E-state index is 0.506. The van der Waals surface area contributed by atoms with Crippen molar-refractivity contribution in [3.8, 4) is 0 Å². The summed E-state index contributed by atoms with van der Waals surface area (Å²) in [6, 6.07) is 8.33. The summed E-state index contributed by atoms with van der Waals surface area (Å²) >= 11 is 0. The van der Waals surface area contributed by atoms with E-state index in [1.165, 1.54) is 11.9 Å². The largest absolute Gasteiger partial charge is 0.383 e. The maximum Gasteiger partial charge on any atom is 0.138 e. The van der Waals surface area contributed by atoms with Crippen LogP contribution in [0.1, 0.15) is 30.9 Å². The van der Waals surface area contributed by atoms with Gasteiger partial charge in [-0.3, -0.25) is 0 Å². The molecule has 0 spiro atoms. The van der Waals surface area contributed by atoms with Gasteiger partial charge in [-0.15, -0.1) is 0 Å². The summed E-state index contributed by atoms with van der Waals surface area (Å²) in [6.07, 6.45) is 1.47. The van der Waals surface area contributed by atoms with Crippen molar-refractivity contribution in [1.29, 1.82) is 0 Å². The Kier molecular flexibility index (Phi) is 3.46. The van der Waals surface area contributed by atoms with Gasteiger partial charge in [0.25, 0.3) is 0 Å². The highest BCUT2D eigenvalue weighted by molar-refractivity contribution is 5.63. The fourth-order valence-corrected chi connectivity index (χ4v) is 1.68. The van der Waals surface area contributed by atoms with Crippen LogP contribution in [0, 0.1) is 6.92 Å². The zero-order valence-electron chi connectivity index (χ0n) is 10.9. The maximum atomic E-state index is 5.75. The van der Waals surface area contributed by atoms with Gasteiger partial charge in [-0.25, -0.2) is 9.97 Å². The molecule has 0 radical (unpaired) electrons. The highest BCUT2D eigenvalue weighted by Crippen LogP contribution is 2.22. The van der Waals surface area contributed by atoms with Crippen LogP contribution in [0.4, 0.5) is 17.3 Å². The molecule has 2 rings (SSSR count). The van der Waals surface area contributed by atoms with Gasteiger partial charge >= 0.3 is 0 Å². The SMILES string of the molecule is Cc1c(N)ncnc1Nc1ccc(C(C)C)cc1. The third-order valence-corrected chi connectivity index (χ3v) is 2.96. The first-order chi connectivity index (χ1) is 8.58. The van der Waals surface area contributed by atoms with Crippen molar-refractivity contribution in [2.75, 3.05) is 11.1 Å². The molecule has 0 aliphatic carbocycles. The molecule has 1 aromatic heterocycles. The predicted molar refractivity (Wildman–Crippen MR) is 75.0 cm³/mol. The van der Waals surface area contributed by atoms with E-state index in [2.05, 4.69) is 41.3 Å². The molecule has 0 saturated heterocycles. The number of benzene rings is 1. The first-order valence-electron chi connectivity index (χ1n) is 6.02. The van der Waals surface area contributed by atoms with Crippen molar-refractivity contribution >= 4 is 17.3 Å². The smallest absolute Gasteiger partial charge is 0.138 e. The molecule has 0 unspecified atom stereocenters. The summed E-state index contributed by atoms with van der Waals surface area (Å²) < 4.78 is 0. The lowest BCUT2D eigenvalue weighted by Crippen LogP contribution is -2.02. The minimum absolute atomic E-state index is 0.506. The maximum absolute atomic E-state index is 5.75. The molecule has 1 aromatic carbocycles. The molecular weight excluding hydrogens is 224 g/mol. The molecule has 0 bridgehead atoms. The van der Waals surface area contributed by atoms with E-state index in [1.54, 1.807) is 0 Å². The number of aromatic nitrogens is 2. The Bertz CT molecular complexity index is 532. The zero-order chi connectivity index (χ0) is 13.1. The number of hydrogen-bond donors (Lipinski definition) is 2. The Hall–Kier alpha value is -2.10. The first kappa shape index (κ1) is 12.4. The molecule has 4 nitrogen and oxygen atoms in total. The summed E-state index contributed by atoms with van der Waals surface area (Å²) in [6.45, 7) is 6.26. The Morgan fingerprint density at radius 1 is 1.11 bits per heavy atom. The van der Waals surface area contributed by atoms with E-state index in [0.29, 0.717) is 11.7 Å². The van der Waals surface area contributed by atoms with Crippen LogP contribution in [0.15, 0.2) is 30.6 Å². The molecule has 0 atom stereocenters. The summed E-state index contributed by atoms with van der Waals surface area (Å²) in [4.78, 5) is 8.13. The van der Waals surface area contributed by atoms with E-state index in [4.69, 9.17) is 5.73 Å². The fourth-order valence-electron chi connectivity index (χ4n) is 1.68. The fraction of sp³-hybridized carbons (Fsp3) is 0.286. The molecule has 0 saturated carbocycles. The minimum Gasteiger partial charge on any atom is -0.383 e. The van der Waals surface area contributed by atoms with Gasteiger partial charge in [-0.1, -0.05) is 26.0 Å². The van der Waals surface area contributed by atoms with E-state index in [9.17, 15) is 0 Å². The normalized spacial score (nSPS) is 10.7. The second kappa shape index (κ2) is 5.04. The van der Waals surface area contributed by atoms with E-state index >= 15 is 0 Å². The second-order valence-electron chi connectivity index (χ2n) is 4.63. The standard InChI is InChI=1S/C14H18N4/c1-9(2)11-4-6-12(7-5-11)18-14-10(3)13(15)16-8-17-14/h4-9H,1-3H3,(H3,15,16,17,18). The molecule has 18 heavy (non-hydrogen) atoms. The summed E-state index contributed by atoms with van der Waals surface area (Å²) in [7, 11) is 0. The molecule has 0 fully saturated rings. The first-order valence-corrected chi connectivity index (χ1v) is 6.02.